The molecule has 0 aliphatic carbocycles. The number of esters is 1. The Hall–Kier alpha value is -1.49. The maximum absolute atomic E-state index is 12.4. The van der Waals surface area contributed by atoms with E-state index in [9.17, 15) is 9.59 Å². The van der Waals surface area contributed by atoms with Gasteiger partial charge in [-0.2, -0.15) is 0 Å². The molecule has 0 bridgehead atoms. The van der Waals surface area contributed by atoms with E-state index in [-0.39, 0.29) is 17.3 Å². The number of thioether (sulfide) groups is 1. The number of hydrogen-bond acceptors (Lipinski definition) is 4. The average molecular weight is 335 g/mol. The van der Waals surface area contributed by atoms with E-state index in [2.05, 4.69) is 43.7 Å². The number of nitrogens with zero attached hydrogens (tertiary/aromatic N) is 1. The van der Waals surface area contributed by atoms with E-state index in [1.165, 1.54) is 30.0 Å². The van der Waals surface area contributed by atoms with Crippen molar-refractivity contribution < 1.29 is 14.3 Å². The van der Waals surface area contributed by atoms with Gasteiger partial charge in [0.2, 0.25) is 5.91 Å². The first-order valence-corrected chi connectivity index (χ1v) is 9.06. The molecule has 0 spiro atoms. The van der Waals surface area contributed by atoms with Crippen LogP contribution in [0.25, 0.3) is 0 Å². The number of carbonyl (C=O) groups excluding carboxylic acids is 2. The third kappa shape index (κ3) is 4.50. The molecule has 1 aliphatic heterocycles. The Kier molecular flexibility index (Phi) is 5.74. The fourth-order valence-corrected chi connectivity index (χ4v) is 3.38. The predicted molar refractivity (Wildman–Crippen MR) is 95.2 cm³/mol. The van der Waals surface area contributed by atoms with Crippen LogP contribution in [0, 0.1) is 0 Å². The van der Waals surface area contributed by atoms with Gasteiger partial charge >= 0.3 is 5.97 Å². The first-order valence-electron chi connectivity index (χ1n) is 7.91. The van der Waals surface area contributed by atoms with E-state index in [0.717, 1.165) is 18.7 Å². The summed E-state index contributed by atoms with van der Waals surface area (Å²) in [7, 11) is 1.38. The second kappa shape index (κ2) is 7.39. The summed E-state index contributed by atoms with van der Waals surface area (Å²) >= 11 is 1.44. The molecule has 0 atom stereocenters. The van der Waals surface area contributed by atoms with Crippen LogP contribution in [0.1, 0.15) is 38.3 Å². The SMILES string of the molecule is COC(=O)CSCCC(=O)N1CCc2cc(C(C)(C)C)ccc21. The molecule has 1 aliphatic rings. The van der Waals surface area contributed by atoms with Gasteiger partial charge in [0.1, 0.15) is 0 Å². The van der Waals surface area contributed by atoms with E-state index < -0.39 is 0 Å². The quantitative estimate of drug-likeness (QED) is 0.612. The first kappa shape index (κ1) is 17.9. The highest BCUT2D eigenvalue weighted by molar-refractivity contribution is 7.99. The molecule has 2 rings (SSSR count). The molecule has 1 heterocycles. The molecule has 0 radical (unpaired) electrons. The number of anilines is 1. The van der Waals surface area contributed by atoms with Crippen molar-refractivity contribution in [2.75, 3.05) is 30.1 Å². The smallest absolute Gasteiger partial charge is 0.315 e. The van der Waals surface area contributed by atoms with Gasteiger partial charge in [-0.1, -0.05) is 32.9 Å². The van der Waals surface area contributed by atoms with Crippen LogP contribution in [-0.4, -0.2) is 37.0 Å². The van der Waals surface area contributed by atoms with Gasteiger partial charge in [0, 0.05) is 24.4 Å². The van der Waals surface area contributed by atoms with Gasteiger partial charge < -0.3 is 9.64 Å². The lowest BCUT2D eigenvalue weighted by Gasteiger charge is -2.21. The van der Waals surface area contributed by atoms with Crippen LogP contribution in [-0.2, 0) is 26.2 Å². The molecule has 0 saturated heterocycles. The summed E-state index contributed by atoms with van der Waals surface area (Å²) in [5, 5.41) is 0. The molecule has 23 heavy (non-hydrogen) atoms. The lowest BCUT2D eigenvalue weighted by atomic mass is 9.86. The predicted octanol–water partition coefficient (Wildman–Crippen LogP) is 3.17. The monoisotopic (exact) mass is 335 g/mol. The Morgan fingerprint density at radius 3 is 2.70 bits per heavy atom. The highest BCUT2D eigenvalue weighted by Crippen LogP contribution is 2.33. The van der Waals surface area contributed by atoms with E-state index in [0.29, 0.717) is 17.9 Å². The number of methoxy groups -OCH3 is 1. The van der Waals surface area contributed by atoms with Gasteiger partial charge in [-0.05, 0) is 29.0 Å². The van der Waals surface area contributed by atoms with Gasteiger partial charge in [-0.25, -0.2) is 0 Å². The van der Waals surface area contributed by atoms with Gasteiger partial charge in [-0.3, -0.25) is 9.59 Å². The van der Waals surface area contributed by atoms with E-state index in [4.69, 9.17) is 0 Å². The fourth-order valence-electron chi connectivity index (χ4n) is 2.64. The lowest BCUT2D eigenvalue weighted by Crippen LogP contribution is -2.29. The zero-order valence-electron chi connectivity index (χ0n) is 14.3. The maximum atomic E-state index is 12.4. The van der Waals surface area contributed by atoms with Crippen LogP contribution in [0.5, 0.6) is 0 Å². The summed E-state index contributed by atoms with van der Waals surface area (Å²) in [6, 6.07) is 6.42. The highest BCUT2D eigenvalue weighted by Gasteiger charge is 2.26. The van der Waals surface area contributed by atoms with Crippen LogP contribution in [0.2, 0.25) is 0 Å². The average Bonchev–Trinajstić information content (AvgIpc) is 2.93. The largest absolute Gasteiger partial charge is 0.468 e. The number of ether oxygens (including phenoxy) is 1. The van der Waals surface area contributed by atoms with Gasteiger partial charge in [0.25, 0.3) is 0 Å². The molecule has 0 fully saturated rings. The van der Waals surface area contributed by atoms with Crippen LogP contribution in [0.15, 0.2) is 18.2 Å². The zero-order chi connectivity index (χ0) is 17.0. The molecule has 0 N–H and O–H groups in total. The molecule has 0 saturated carbocycles. The molecule has 5 heteroatoms. The van der Waals surface area contributed by atoms with Crippen molar-refractivity contribution in [2.24, 2.45) is 0 Å². The van der Waals surface area contributed by atoms with Crippen LogP contribution in [0.3, 0.4) is 0 Å². The minimum atomic E-state index is -0.247. The molecule has 4 nitrogen and oxygen atoms in total. The fraction of sp³-hybridized carbons (Fsp3) is 0.556. The lowest BCUT2D eigenvalue weighted by molar-refractivity contribution is -0.137. The summed E-state index contributed by atoms with van der Waals surface area (Å²) in [6.07, 6.45) is 1.36. The number of amides is 1. The molecular weight excluding hydrogens is 310 g/mol. The normalized spacial score (nSPS) is 13.8. The minimum Gasteiger partial charge on any atom is -0.468 e. The third-order valence-electron chi connectivity index (χ3n) is 4.05. The molecular formula is C18H25NO3S. The Morgan fingerprint density at radius 1 is 1.30 bits per heavy atom. The highest BCUT2D eigenvalue weighted by atomic mass is 32.2. The van der Waals surface area contributed by atoms with Gasteiger partial charge in [-0.15, -0.1) is 11.8 Å². The summed E-state index contributed by atoms with van der Waals surface area (Å²) in [5.74, 6) is 0.822. The molecule has 1 amide bonds. The van der Waals surface area contributed by atoms with Crippen LogP contribution in [0.4, 0.5) is 5.69 Å². The Morgan fingerprint density at radius 2 is 2.04 bits per heavy atom. The van der Waals surface area contributed by atoms with Crippen molar-refractivity contribution in [1.29, 1.82) is 0 Å². The first-order chi connectivity index (χ1) is 10.8. The van der Waals surface area contributed by atoms with Crippen molar-refractivity contribution in [2.45, 2.75) is 39.0 Å². The van der Waals surface area contributed by atoms with E-state index >= 15 is 0 Å². The van der Waals surface area contributed by atoms with Crippen molar-refractivity contribution in [3.63, 3.8) is 0 Å². The Balaban J connectivity index is 1.94. The summed E-state index contributed by atoms with van der Waals surface area (Å²) in [5.41, 5.74) is 3.73. The van der Waals surface area contributed by atoms with Gasteiger partial charge in [0.15, 0.2) is 0 Å². The Bertz CT molecular complexity index is 592. The molecule has 1 aromatic rings. The third-order valence-corrected chi connectivity index (χ3v) is 4.98. The van der Waals surface area contributed by atoms with Crippen molar-refractivity contribution in [3.05, 3.63) is 29.3 Å². The van der Waals surface area contributed by atoms with Crippen molar-refractivity contribution >= 4 is 29.3 Å². The maximum Gasteiger partial charge on any atom is 0.315 e. The number of fused-ring (bicyclic) bond motifs is 1. The summed E-state index contributed by atoms with van der Waals surface area (Å²) in [6.45, 7) is 7.35. The van der Waals surface area contributed by atoms with Crippen LogP contribution < -0.4 is 4.90 Å². The van der Waals surface area contributed by atoms with E-state index in [1.807, 2.05) is 4.90 Å². The van der Waals surface area contributed by atoms with Crippen molar-refractivity contribution in [3.8, 4) is 0 Å². The second-order valence-corrected chi connectivity index (χ2v) is 7.87. The van der Waals surface area contributed by atoms with Crippen LogP contribution >= 0.6 is 11.8 Å². The number of rotatable bonds is 5. The standard InChI is InChI=1S/C18H25NO3S/c1-18(2,3)14-5-6-15-13(11-14)7-9-19(15)16(20)8-10-23-12-17(21)22-4/h5-6,11H,7-10,12H2,1-4H3. The molecule has 126 valence electrons. The van der Waals surface area contributed by atoms with E-state index in [1.54, 1.807) is 0 Å². The Labute approximate surface area is 142 Å². The number of carbonyl (C=O) groups is 2. The number of hydrogen-bond donors (Lipinski definition) is 0. The zero-order valence-corrected chi connectivity index (χ0v) is 15.2. The topological polar surface area (TPSA) is 46.6 Å². The minimum absolute atomic E-state index is 0.122. The molecule has 0 unspecified atom stereocenters. The second-order valence-electron chi connectivity index (χ2n) is 6.77. The van der Waals surface area contributed by atoms with Gasteiger partial charge in [0.05, 0.1) is 12.9 Å². The molecule has 1 aromatic carbocycles. The van der Waals surface area contributed by atoms with Crippen molar-refractivity contribution in [1.82, 2.24) is 0 Å². The number of benzene rings is 1. The molecule has 0 aromatic heterocycles. The summed E-state index contributed by atoms with van der Waals surface area (Å²) < 4.78 is 4.59. The summed E-state index contributed by atoms with van der Waals surface area (Å²) in [4.78, 5) is 25.3.